The lowest BCUT2D eigenvalue weighted by molar-refractivity contribution is -0.393. The highest BCUT2D eigenvalue weighted by Crippen LogP contribution is 2.28. The zero-order valence-corrected chi connectivity index (χ0v) is 11.0. The Hall–Kier alpha value is -3.36. The molecule has 0 heterocycles. The van der Waals surface area contributed by atoms with Crippen molar-refractivity contribution in [2.24, 2.45) is 5.10 Å². The first kappa shape index (κ1) is 15.0. The summed E-state index contributed by atoms with van der Waals surface area (Å²) in [7, 11) is 0. The van der Waals surface area contributed by atoms with Crippen LogP contribution in [-0.4, -0.2) is 16.1 Å². The van der Waals surface area contributed by atoms with Crippen LogP contribution < -0.4 is 5.43 Å². The van der Waals surface area contributed by atoms with Crippen LogP contribution in [0.15, 0.2) is 47.6 Å². The molecule has 0 radical (unpaired) electrons. The SMILES string of the molecule is O=[N+]([O-])c1ccc(N/N=C\c2cccc(F)c2)c([N+](=O)[O-])c1. The summed E-state index contributed by atoms with van der Waals surface area (Å²) in [6, 6.07) is 8.72. The Morgan fingerprint density at radius 3 is 2.50 bits per heavy atom. The minimum Gasteiger partial charge on any atom is -0.272 e. The molecule has 2 aromatic rings. The zero-order chi connectivity index (χ0) is 16.1. The summed E-state index contributed by atoms with van der Waals surface area (Å²) in [4.78, 5) is 20.0. The van der Waals surface area contributed by atoms with Gasteiger partial charge in [0.05, 0.1) is 22.1 Å². The van der Waals surface area contributed by atoms with Crippen LogP contribution in [0.25, 0.3) is 0 Å². The van der Waals surface area contributed by atoms with E-state index in [1.54, 1.807) is 6.07 Å². The molecule has 0 aliphatic rings. The average Bonchev–Trinajstić information content (AvgIpc) is 2.47. The number of benzene rings is 2. The zero-order valence-electron chi connectivity index (χ0n) is 11.0. The molecule has 0 amide bonds. The summed E-state index contributed by atoms with van der Waals surface area (Å²) < 4.78 is 13.0. The van der Waals surface area contributed by atoms with Crippen LogP contribution in [0, 0.1) is 26.0 Å². The molecule has 2 aromatic carbocycles. The second kappa shape index (κ2) is 6.39. The largest absolute Gasteiger partial charge is 0.301 e. The lowest BCUT2D eigenvalue weighted by atomic mass is 10.2. The number of non-ortho nitro benzene ring substituents is 1. The topological polar surface area (TPSA) is 111 Å². The number of hydrogen-bond donors (Lipinski definition) is 1. The number of nitrogens with one attached hydrogen (secondary N) is 1. The van der Waals surface area contributed by atoms with Crippen LogP contribution in [0.3, 0.4) is 0 Å². The Kier molecular flexibility index (Phi) is 4.37. The summed E-state index contributed by atoms with van der Waals surface area (Å²) >= 11 is 0. The van der Waals surface area contributed by atoms with Crippen LogP contribution in [0.2, 0.25) is 0 Å². The summed E-state index contributed by atoms with van der Waals surface area (Å²) in [6.45, 7) is 0. The molecule has 0 spiro atoms. The van der Waals surface area contributed by atoms with Crippen molar-refractivity contribution in [2.45, 2.75) is 0 Å². The molecule has 0 bridgehead atoms. The van der Waals surface area contributed by atoms with E-state index in [0.717, 1.165) is 12.1 Å². The number of anilines is 1. The van der Waals surface area contributed by atoms with Crippen molar-refractivity contribution in [2.75, 3.05) is 5.43 Å². The molecule has 0 fully saturated rings. The molecule has 1 N–H and O–H groups in total. The Morgan fingerprint density at radius 1 is 1.09 bits per heavy atom. The van der Waals surface area contributed by atoms with E-state index in [1.807, 2.05) is 0 Å². The van der Waals surface area contributed by atoms with E-state index in [-0.39, 0.29) is 5.69 Å². The molecule has 0 atom stereocenters. The highest BCUT2D eigenvalue weighted by Gasteiger charge is 2.18. The van der Waals surface area contributed by atoms with Crippen LogP contribution in [-0.2, 0) is 0 Å². The molecule has 0 aromatic heterocycles. The summed E-state index contributed by atoms with van der Waals surface area (Å²) in [5, 5.41) is 25.3. The molecule has 9 heteroatoms. The minimum atomic E-state index is -0.757. The van der Waals surface area contributed by atoms with Crippen LogP contribution in [0.4, 0.5) is 21.5 Å². The summed E-state index contributed by atoms with van der Waals surface area (Å²) in [5.41, 5.74) is 1.98. The van der Waals surface area contributed by atoms with Crippen molar-refractivity contribution in [3.63, 3.8) is 0 Å². The van der Waals surface area contributed by atoms with Gasteiger partial charge in [-0.15, -0.1) is 0 Å². The number of nitrogens with zero attached hydrogens (tertiary/aromatic N) is 3. The third kappa shape index (κ3) is 3.60. The number of nitro groups is 2. The quantitative estimate of drug-likeness (QED) is 0.518. The number of hydrazone groups is 1. The van der Waals surface area contributed by atoms with Gasteiger partial charge in [0, 0.05) is 6.07 Å². The first-order chi connectivity index (χ1) is 10.5. The smallest absolute Gasteiger partial charge is 0.272 e. The fourth-order valence-electron chi connectivity index (χ4n) is 1.64. The Balaban J connectivity index is 2.22. The lowest BCUT2D eigenvalue weighted by Crippen LogP contribution is -1.98. The van der Waals surface area contributed by atoms with E-state index < -0.39 is 27.0 Å². The second-order valence-corrected chi connectivity index (χ2v) is 4.14. The van der Waals surface area contributed by atoms with Gasteiger partial charge in [-0.2, -0.15) is 5.10 Å². The van der Waals surface area contributed by atoms with Gasteiger partial charge in [-0.1, -0.05) is 12.1 Å². The number of rotatable bonds is 5. The normalized spacial score (nSPS) is 10.6. The van der Waals surface area contributed by atoms with Crippen molar-refractivity contribution in [1.29, 1.82) is 0 Å². The number of hydrogen-bond acceptors (Lipinski definition) is 6. The Labute approximate surface area is 123 Å². The minimum absolute atomic E-state index is 0.0109. The first-order valence-corrected chi connectivity index (χ1v) is 5.95. The first-order valence-electron chi connectivity index (χ1n) is 5.95. The van der Waals surface area contributed by atoms with Crippen LogP contribution >= 0.6 is 0 Å². The van der Waals surface area contributed by atoms with Gasteiger partial charge < -0.3 is 0 Å². The molecule has 0 saturated heterocycles. The lowest BCUT2D eigenvalue weighted by Gasteiger charge is -2.01. The molecule has 112 valence electrons. The monoisotopic (exact) mass is 304 g/mol. The molecule has 0 aliphatic carbocycles. The molecule has 8 nitrogen and oxygen atoms in total. The molecular weight excluding hydrogens is 295 g/mol. The van der Waals surface area contributed by atoms with E-state index in [4.69, 9.17) is 0 Å². The van der Waals surface area contributed by atoms with Gasteiger partial charge in [0.2, 0.25) is 0 Å². The molecule has 0 aliphatic heterocycles. The maximum Gasteiger partial charge on any atom is 0.301 e. The highest BCUT2D eigenvalue weighted by atomic mass is 19.1. The van der Waals surface area contributed by atoms with Crippen LogP contribution in [0.5, 0.6) is 0 Å². The molecule has 2 rings (SSSR count). The van der Waals surface area contributed by atoms with Gasteiger partial charge in [0.15, 0.2) is 0 Å². The maximum absolute atomic E-state index is 13.0. The average molecular weight is 304 g/mol. The molecular formula is C13H9FN4O4. The van der Waals surface area contributed by atoms with Crippen molar-refractivity contribution in [3.8, 4) is 0 Å². The van der Waals surface area contributed by atoms with Gasteiger partial charge in [-0.05, 0) is 23.8 Å². The third-order valence-electron chi connectivity index (χ3n) is 2.64. The van der Waals surface area contributed by atoms with Gasteiger partial charge in [-0.25, -0.2) is 4.39 Å². The number of halogens is 1. The Bertz CT molecular complexity index is 763. The summed E-state index contributed by atoms with van der Waals surface area (Å²) in [6.07, 6.45) is 1.27. The van der Waals surface area contributed by atoms with Crippen LogP contribution in [0.1, 0.15) is 5.56 Å². The van der Waals surface area contributed by atoms with E-state index in [1.165, 1.54) is 30.5 Å². The van der Waals surface area contributed by atoms with E-state index in [0.29, 0.717) is 5.56 Å². The van der Waals surface area contributed by atoms with Crippen molar-refractivity contribution < 1.29 is 14.2 Å². The maximum atomic E-state index is 13.0. The van der Waals surface area contributed by atoms with Gasteiger partial charge in [0.25, 0.3) is 5.69 Å². The van der Waals surface area contributed by atoms with E-state index in [9.17, 15) is 24.6 Å². The number of nitro benzene ring substituents is 2. The molecule has 22 heavy (non-hydrogen) atoms. The van der Waals surface area contributed by atoms with Crippen molar-refractivity contribution in [3.05, 3.63) is 74.1 Å². The fourth-order valence-corrected chi connectivity index (χ4v) is 1.64. The van der Waals surface area contributed by atoms with Gasteiger partial charge in [0.1, 0.15) is 11.5 Å². The summed E-state index contributed by atoms with van der Waals surface area (Å²) in [5.74, 6) is -0.440. The van der Waals surface area contributed by atoms with Gasteiger partial charge >= 0.3 is 5.69 Å². The van der Waals surface area contributed by atoms with Crippen molar-refractivity contribution >= 4 is 23.3 Å². The predicted molar refractivity (Wildman–Crippen MR) is 77.4 cm³/mol. The van der Waals surface area contributed by atoms with Crippen molar-refractivity contribution in [1.82, 2.24) is 0 Å². The van der Waals surface area contributed by atoms with Gasteiger partial charge in [-0.3, -0.25) is 25.7 Å². The molecule has 0 saturated carbocycles. The molecule has 0 unspecified atom stereocenters. The van der Waals surface area contributed by atoms with E-state index in [2.05, 4.69) is 10.5 Å². The second-order valence-electron chi connectivity index (χ2n) is 4.14. The third-order valence-corrected chi connectivity index (χ3v) is 2.64. The predicted octanol–water partition coefficient (Wildman–Crippen LogP) is 3.09. The van der Waals surface area contributed by atoms with E-state index >= 15 is 0 Å². The highest BCUT2D eigenvalue weighted by molar-refractivity contribution is 5.80. The fraction of sp³-hybridized carbons (Fsp3) is 0. The Morgan fingerprint density at radius 2 is 1.86 bits per heavy atom. The standard InChI is InChI=1S/C13H9FN4O4/c14-10-3-1-2-9(6-10)8-15-16-12-5-4-11(17(19)20)7-13(12)18(21)22/h1-8,16H/b15-8-.